The van der Waals surface area contributed by atoms with Crippen LogP contribution >= 0.6 is 0 Å². The molecule has 0 fully saturated rings. The van der Waals surface area contributed by atoms with E-state index in [0.29, 0.717) is 36.5 Å². The molecule has 1 unspecified atom stereocenters. The van der Waals surface area contributed by atoms with Gasteiger partial charge in [0.15, 0.2) is 0 Å². The summed E-state index contributed by atoms with van der Waals surface area (Å²) < 4.78 is 20.7. The fourth-order valence-corrected chi connectivity index (χ4v) is 2.92. The number of ether oxygens (including phenoxy) is 1. The molecule has 0 saturated carbocycles. The second-order valence-electron chi connectivity index (χ2n) is 7.87. The molecule has 0 radical (unpaired) electrons. The summed E-state index contributed by atoms with van der Waals surface area (Å²) in [6, 6.07) is 10.9. The predicted molar refractivity (Wildman–Crippen MR) is 110 cm³/mol. The first-order chi connectivity index (χ1) is 14.1. The van der Waals surface area contributed by atoms with Gasteiger partial charge in [0.2, 0.25) is 0 Å². The molecule has 0 saturated heterocycles. The third kappa shape index (κ3) is 6.34. The fourth-order valence-electron chi connectivity index (χ4n) is 2.92. The van der Waals surface area contributed by atoms with Crippen LogP contribution in [0.25, 0.3) is 0 Å². The van der Waals surface area contributed by atoms with E-state index in [1.165, 1.54) is 6.07 Å². The largest absolute Gasteiger partial charge is 0.444 e. The summed E-state index contributed by atoms with van der Waals surface area (Å²) in [5.41, 5.74) is 0.424. The Bertz CT molecular complexity index is 941. The maximum atomic E-state index is 14.0. The molecule has 2 N–H and O–H groups in total. The maximum absolute atomic E-state index is 14.0. The molecule has 1 aromatic carbocycles. The molecule has 0 aliphatic carbocycles. The van der Waals surface area contributed by atoms with Gasteiger partial charge in [-0.25, -0.2) is 9.18 Å². The second kappa shape index (κ2) is 9.92. The fraction of sp³-hybridized carbons (Fsp3) is 0.409. The number of hydrogen-bond acceptors (Lipinski definition) is 4. The summed E-state index contributed by atoms with van der Waals surface area (Å²) >= 11 is 0. The lowest BCUT2D eigenvalue weighted by Crippen LogP contribution is -2.33. The van der Waals surface area contributed by atoms with Gasteiger partial charge in [-0.05, 0) is 52.3 Å². The molecule has 2 amide bonds. The van der Waals surface area contributed by atoms with Gasteiger partial charge < -0.3 is 19.9 Å². The number of aromatic nitrogens is 1. The molecule has 0 spiro atoms. The Labute approximate surface area is 175 Å². The van der Waals surface area contributed by atoms with E-state index in [-0.39, 0.29) is 0 Å². The van der Waals surface area contributed by atoms with Gasteiger partial charge in [0.05, 0.1) is 6.04 Å². The Hall–Kier alpha value is -3.34. The van der Waals surface area contributed by atoms with Crippen molar-refractivity contribution >= 4 is 12.0 Å². The lowest BCUT2D eigenvalue weighted by Gasteiger charge is -2.20. The van der Waals surface area contributed by atoms with Crippen LogP contribution in [0.15, 0.2) is 36.4 Å². The first-order valence-electron chi connectivity index (χ1n) is 9.74. The van der Waals surface area contributed by atoms with Crippen LogP contribution in [-0.2, 0) is 11.3 Å². The summed E-state index contributed by atoms with van der Waals surface area (Å²) in [6.07, 6.45) is -0.0293. The van der Waals surface area contributed by atoms with Crippen molar-refractivity contribution in [2.24, 2.45) is 0 Å². The maximum Gasteiger partial charge on any atom is 0.407 e. The van der Waals surface area contributed by atoms with Crippen molar-refractivity contribution < 1.29 is 18.7 Å². The molecule has 160 valence electrons. The lowest BCUT2D eigenvalue weighted by atomic mass is 10.1. The van der Waals surface area contributed by atoms with Crippen LogP contribution in [0, 0.1) is 17.1 Å². The molecular weight excluding hydrogens is 387 g/mol. The van der Waals surface area contributed by atoms with Gasteiger partial charge in [0.1, 0.15) is 28.9 Å². The quantitative estimate of drug-likeness (QED) is 0.672. The molecule has 7 nitrogen and oxygen atoms in total. The Morgan fingerprint density at radius 1 is 1.23 bits per heavy atom. The SMILES string of the molecule is CC(NC(=O)c1ccc(C#N)n1CCCNC(=O)OC(C)(C)C)c1ccccc1F. The summed E-state index contributed by atoms with van der Waals surface area (Å²) in [5, 5.41) is 14.8. The third-order valence-electron chi connectivity index (χ3n) is 4.27. The highest BCUT2D eigenvalue weighted by molar-refractivity contribution is 5.93. The van der Waals surface area contributed by atoms with Crippen molar-refractivity contribution in [1.82, 2.24) is 15.2 Å². The van der Waals surface area contributed by atoms with Crippen LogP contribution in [0.3, 0.4) is 0 Å². The van der Waals surface area contributed by atoms with Crippen LogP contribution in [0.4, 0.5) is 9.18 Å². The number of benzene rings is 1. The number of rotatable bonds is 7. The lowest BCUT2D eigenvalue weighted by molar-refractivity contribution is 0.0526. The number of carbonyl (C=O) groups excluding carboxylic acids is 2. The van der Waals surface area contributed by atoms with E-state index in [2.05, 4.69) is 16.7 Å². The highest BCUT2D eigenvalue weighted by Gasteiger charge is 2.19. The van der Waals surface area contributed by atoms with Crippen LogP contribution < -0.4 is 10.6 Å². The zero-order chi connectivity index (χ0) is 22.3. The standard InChI is InChI=1S/C22H27FN4O3/c1-15(17-8-5-6-9-18(17)23)26-20(28)19-11-10-16(14-24)27(19)13-7-12-25-21(29)30-22(2,3)4/h5-6,8-11,15H,7,12-13H2,1-4H3,(H,25,29)(H,26,28). The minimum atomic E-state index is -0.585. The number of halogens is 1. The van der Waals surface area contributed by atoms with Gasteiger partial charge in [0.25, 0.3) is 5.91 Å². The van der Waals surface area contributed by atoms with E-state index in [0.717, 1.165) is 0 Å². The van der Waals surface area contributed by atoms with Crippen molar-refractivity contribution in [2.45, 2.75) is 52.3 Å². The summed E-state index contributed by atoms with van der Waals surface area (Å²) in [5.74, 6) is -0.807. The van der Waals surface area contributed by atoms with Gasteiger partial charge in [-0.15, -0.1) is 0 Å². The molecule has 1 heterocycles. The van der Waals surface area contributed by atoms with E-state index in [1.807, 2.05) is 0 Å². The molecule has 1 aromatic heterocycles. The van der Waals surface area contributed by atoms with Crippen LogP contribution in [0.1, 0.15) is 61.9 Å². The van der Waals surface area contributed by atoms with Crippen molar-refractivity contribution in [3.05, 3.63) is 59.2 Å². The topological polar surface area (TPSA) is 96.1 Å². The van der Waals surface area contributed by atoms with Gasteiger partial charge in [-0.2, -0.15) is 5.26 Å². The number of nitriles is 1. The number of carbonyl (C=O) groups is 2. The van der Waals surface area contributed by atoms with Crippen molar-refractivity contribution in [3.63, 3.8) is 0 Å². The molecule has 2 aromatic rings. The van der Waals surface area contributed by atoms with Crippen molar-refractivity contribution in [3.8, 4) is 6.07 Å². The number of amides is 2. The average Bonchev–Trinajstić information content (AvgIpc) is 3.07. The van der Waals surface area contributed by atoms with E-state index in [1.54, 1.807) is 62.6 Å². The van der Waals surface area contributed by atoms with Gasteiger partial charge in [0, 0.05) is 18.7 Å². The summed E-state index contributed by atoms with van der Waals surface area (Å²) in [4.78, 5) is 24.4. The van der Waals surface area contributed by atoms with Gasteiger partial charge >= 0.3 is 6.09 Å². The number of nitrogens with zero attached hydrogens (tertiary/aromatic N) is 2. The average molecular weight is 414 g/mol. The Morgan fingerprint density at radius 2 is 1.93 bits per heavy atom. The first kappa shape index (κ1) is 22.9. The summed E-state index contributed by atoms with van der Waals surface area (Å²) in [7, 11) is 0. The van der Waals surface area contributed by atoms with E-state index >= 15 is 0 Å². The molecule has 1 atom stereocenters. The Balaban J connectivity index is 2.00. The van der Waals surface area contributed by atoms with Crippen molar-refractivity contribution in [1.29, 1.82) is 5.26 Å². The summed E-state index contributed by atoms with van der Waals surface area (Å²) in [6.45, 7) is 7.70. The predicted octanol–water partition coefficient (Wildman–Crippen LogP) is 3.90. The Morgan fingerprint density at radius 3 is 2.57 bits per heavy atom. The minimum Gasteiger partial charge on any atom is -0.444 e. The molecule has 8 heteroatoms. The Kier molecular flexibility index (Phi) is 7.59. The molecule has 30 heavy (non-hydrogen) atoms. The zero-order valence-corrected chi connectivity index (χ0v) is 17.7. The van der Waals surface area contributed by atoms with Crippen LogP contribution in [-0.4, -0.2) is 28.7 Å². The van der Waals surface area contributed by atoms with Crippen LogP contribution in [0.2, 0.25) is 0 Å². The van der Waals surface area contributed by atoms with Crippen molar-refractivity contribution in [2.75, 3.05) is 6.54 Å². The molecule has 0 bridgehead atoms. The van der Waals surface area contributed by atoms with Gasteiger partial charge in [-0.1, -0.05) is 18.2 Å². The zero-order valence-electron chi connectivity index (χ0n) is 17.7. The van der Waals surface area contributed by atoms with Gasteiger partial charge in [-0.3, -0.25) is 4.79 Å². The van der Waals surface area contributed by atoms with E-state index < -0.39 is 29.5 Å². The highest BCUT2D eigenvalue weighted by Crippen LogP contribution is 2.18. The van der Waals surface area contributed by atoms with E-state index in [4.69, 9.17) is 4.74 Å². The smallest absolute Gasteiger partial charge is 0.407 e. The third-order valence-corrected chi connectivity index (χ3v) is 4.27. The second-order valence-corrected chi connectivity index (χ2v) is 7.87. The highest BCUT2D eigenvalue weighted by atomic mass is 19.1. The number of hydrogen-bond donors (Lipinski definition) is 2. The molecular formula is C22H27FN4O3. The minimum absolute atomic E-state index is 0.298. The molecule has 2 rings (SSSR count). The monoisotopic (exact) mass is 414 g/mol. The van der Waals surface area contributed by atoms with E-state index in [9.17, 15) is 19.2 Å². The molecule has 0 aliphatic rings. The number of nitrogens with one attached hydrogen (secondary N) is 2. The molecule has 0 aliphatic heterocycles. The van der Waals surface area contributed by atoms with Crippen LogP contribution in [0.5, 0.6) is 0 Å². The first-order valence-corrected chi connectivity index (χ1v) is 9.74. The normalized spacial score (nSPS) is 12.0. The number of alkyl carbamates (subject to hydrolysis) is 1.